The zero-order chi connectivity index (χ0) is 45.1. The predicted molar refractivity (Wildman–Crippen MR) is 258 cm³/mol. The topological polar surface area (TPSA) is 149 Å². The minimum absolute atomic E-state index is 0.156. The van der Waals surface area contributed by atoms with Crippen LogP contribution in [0.5, 0.6) is 0 Å². The summed E-state index contributed by atoms with van der Waals surface area (Å²) in [5.41, 5.74) is 0. The van der Waals surface area contributed by atoms with E-state index in [-0.39, 0.29) is 12.5 Å². The molecule has 7 unspecified atom stereocenters. The first-order valence-corrected chi connectivity index (χ1v) is 25.8. The van der Waals surface area contributed by atoms with Crippen molar-refractivity contribution in [3.05, 3.63) is 48.6 Å². The summed E-state index contributed by atoms with van der Waals surface area (Å²) in [5.74, 6) is -0.184. The number of nitrogens with one attached hydrogen (secondary N) is 1. The van der Waals surface area contributed by atoms with Gasteiger partial charge >= 0.3 is 0 Å². The first kappa shape index (κ1) is 58.2. The fourth-order valence-electron chi connectivity index (χ4n) is 8.09. The van der Waals surface area contributed by atoms with E-state index in [4.69, 9.17) is 9.47 Å². The van der Waals surface area contributed by atoms with Crippen molar-refractivity contribution in [2.45, 2.75) is 269 Å². The number of carbonyl (C=O) groups is 1. The van der Waals surface area contributed by atoms with Crippen LogP contribution >= 0.6 is 0 Å². The molecule has 0 bridgehead atoms. The molecule has 1 saturated heterocycles. The Bertz CT molecular complexity index is 1110. The number of unbranched alkanes of at least 4 members (excludes halogenated alkanes) is 25. The Hall–Kier alpha value is -1.85. The van der Waals surface area contributed by atoms with Crippen LogP contribution in [0.4, 0.5) is 0 Å². The van der Waals surface area contributed by atoms with Gasteiger partial charge in [-0.15, -0.1) is 0 Å². The van der Waals surface area contributed by atoms with Crippen molar-refractivity contribution in [3.63, 3.8) is 0 Å². The lowest BCUT2D eigenvalue weighted by Gasteiger charge is -2.40. The van der Waals surface area contributed by atoms with E-state index in [9.17, 15) is 30.3 Å². The first-order chi connectivity index (χ1) is 30.3. The lowest BCUT2D eigenvalue weighted by Crippen LogP contribution is -2.60. The maximum Gasteiger partial charge on any atom is 0.220 e. The SMILES string of the molecule is CC/C=C\C/C=C\C/C=C\C/C=C\CCCCC(=O)NC(COC1OC(CO)C(O)C(O)C1O)C(O)CCCCCCCCCCCCCCCCCCCCCCCCCC. The summed E-state index contributed by atoms with van der Waals surface area (Å²) in [6, 6.07) is -0.742. The van der Waals surface area contributed by atoms with Crippen molar-refractivity contribution >= 4 is 5.91 Å². The van der Waals surface area contributed by atoms with Crippen molar-refractivity contribution in [1.29, 1.82) is 0 Å². The molecule has 0 aromatic heterocycles. The molecule has 9 nitrogen and oxygen atoms in total. The minimum atomic E-state index is -1.56. The summed E-state index contributed by atoms with van der Waals surface area (Å²) in [6.07, 6.45) is 48.5. The number of aliphatic hydroxyl groups is 5. The third-order valence-electron chi connectivity index (χ3n) is 12.2. The summed E-state index contributed by atoms with van der Waals surface area (Å²) in [5, 5.41) is 54.5. The molecular formula is C53H97NO8. The van der Waals surface area contributed by atoms with Gasteiger partial charge < -0.3 is 40.3 Å². The van der Waals surface area contributed by atoms with Gasteiger partial charge in [-0.2, -0.15) is 0 Å². The summed E-state index contributed by atoms with van der Waals surface area (Å²) in [7, 11) is 0. The molecule has 362 valence electrons. The number of rotatable bonds is 43. The third-order valence-corrected chi connectivity index (χ3v) is 12.2. The van der Waals surface area contributed by atoms with Gasteiger partial charge in [0.25, 0.3) is 0 Å². The van der Waals surface area contributed by atoms with Crippen molar-refractivity contribution < 1.29 is 39.8 Å². The zero-order valence-electron chi connectivity index (χ0n) is 39.9. The van der Waals surface area contributed by atoms with E-state index >= 15 is 0 Å². The summed E-state index contributed by atoms with van der Waals surface area (Å²) in [6.45, 7) is 3.71. The Morgan fingerprint density at radius 3 is 1.45 bits per heavy atom. The molecule has 1 rings (SSSR count). The highest BCUT2D eigenvalue weighted by Gasteiger charge is 2.44. The van der Waals surface area contributed by atoms with Gasteiger partial charge in [-0.1, -0.05) is 217 Å². The van der Waals surface area contributed by atoms with Crippen LogP contribution in [0.1, 0.15) is 226 Å². The van der Waals surface area contributed by atoms with Crippen LogP contribution in [0, 0.1) is 0 Å². The van der Waals surface area contributed by atoms with E-state index in [0.717, 1.165) is 57.8 Å². The highest BCUT2D eigenvalue weighted by atomic mass is 16.7. The lowest BCUT2D eigenvalue weighted by molar-refractivity contribution is -0.302. The largest absolute Gasteiger partial charge is 0.394 e. The van der Waals surface area contributed by atoms with Crippen LogP contribution in [-0.4, -0.2) is 87.5 Å². The predicted octanol–water partition coefficient (Wildman–Crippen LogP) is 11.8. The van der Waals surface area contributed by atoms with Crippen LogP contribution in [-0.2, 0) is 14.3 Å². The van der Waals surface area contributed by atoms with Crippen molar-refractivity contribution in [1.82, 2.24) is 5.32 Å². The Labute approximate surface area is 380 Å². The van der Waals surface area contributed by atoms with E-state index < -0.39 is 49.5 Å². The van der Waals surface area contributed by atoms with Crippen LogP contribution in [0.2, 0.25) is 0 Å². The highest BCUT2D eigenvalue weighted by molar-refractivity contribution is 5.76. The molecule has 0 aromatic rings. The fraction of sp³-hybridized carbons (Fsp3) is 0.830. The van der Waals surface area contributed by atoms with Crippen LogP contribution in [0.3, 0.4) is 0 Å². The molecule has 0 radical (unpaired) electrons. The number of aliphatic hydroxyl groups excluding tert-OH is 5. The van der Waals surface area contributed by atoms with E-state index in [2.05, 4.69) is 67.8 Å². The fourth-order valence-corrected chi connectivity index (χ4v) is 8.09. The normalized spacial score (nSPS) is 20.7. The number of carbonyl (C=O) groups excluding carboxylic acids is 1. The molecule has 1 amide bonds. The van der Waals surface area contributed by atoms with Crippen LogP contribution < -0.4 is 5.32 Å². The Kier molecular flexibility index (Phi) is 40.4. The molecule has 1 aliphatic heterocycles. The van der Waals surface area contributed by atoms with Gasteiger partial charge in [-0.05, 0) is 51.4 Å². The molecule has 1 heterocycles. The molecule has 9 heteroatoms. The molecule has 1 aliphatic rings. The van der Waals surface area contributed by atoms with Gasteiger partial charge in [0.15, 0.2) is 6.29 Å². The number of amides is 1. The Morgan fingerprint density at radius 1 is 0.565 bits per heavy atom. The van der Waals surface area contributed by atoms with E-state index in [1.807, 2.05) is 0 Å². The van der Waals surface area contributed by atoms with Gasteiger partial charge in [0.2, 0.25) is 5.91 Å². The number of hydrogen-bond donors (Lipinski definition) is 6. The van der Waals surface area contributed by atoms with E-state index in [0.29, 0.717) is 19.3 Å². The molecule has 7 atom stereocenters. The van der Waals surface area contributed by atoms with Crippen molar-refractivity contribution in [2.75, 3.05) is 13.2 Å². The number of ether oxygens (including phenoxy) is 2. The number of allylic oxidation sites excluding steroid dienone is 8. The summed E-state index contributed by atoms with van der Waals surface area (Å²) in [4.78, 5) is 13.0. The molecule has 6 N–H and O–H groups in total. The molecule has 0 spiro atoms. The lowest BCUT2D eigenvalue weighted by atomic mass is 9.99. The minimum Gasteiger partial charge on any atom is -0.394 e. The van der Waals surface area contributed by atoms with Crippen molar-refractivity contribution in [3.8, 4) is 0 Å². The molecule has 0 aromatic carbocycles. The second-order valence-electron chi connectivity index (χ2n) is 17.9. The zero-order valence-corrected chi connectivity index (χ0v) is 39.9. The second kappa shape index (κ2) is 43.1. The second-order valence-corrected chi connectivity index (χ2v) is 17.9. The molecule has 0 aliphatic carbocycles. The molecule has 62 heavy (non-hydrogen) atoms. The van der Waals surface area contributed by atoms with E-state index in [1.54, 1.807) is 0 Å². The standard InChI is InChI=1S/C53H97NO8/c1-3-5-7-9-11-13-15-17-19-20-21-22-23-24-25-26-27-29-30-32-34-36-38-40-42-47(56)46(45-61-53-52(60)51(59)50(58)48(44-55)62-53)54-49(57)43-41-39-37-35-33-31-28-18-16-14-12-10-8-6-4-2/h6,8,12,14,18,28,33,35,46-48,50-53,55-56,58-60H,3-5,7,9-11,13,15-17,19-27,29-32,34,36-45H2,1-2H3,(H,54,57)/b8-6-,14-12-,28-18-,35-33-. The average molecular weight is 876 g/mol. The van der Waals surface area contributed by atoms with Gasteiger partial charge in [0, 0.05) is 6.42 Å². The number of hydrogen-bond acceptors (Lipinski definition) is 8. The third kappa shape index (κ3) is 32.8. The molecular weight excluding hydrogens is 779 g/mol. The molecule has 0 saturated carbocycles. The van der Waals surface area contributed by atoms with Gasteiger partial charge in [-0.25, -0.2) is 0 Å². The smallest absolute Gasteiger partial charge is 0.220 e. The molecule has 1 fully saturated rings. The maximum absolute atomic E-state index is 13.0. The Morgan fingerprint density at radius 2 is 1.00 bits per heavy atom. The summed E-state index contributed by atoms with van der Waals surface area (Å²) >= 11 is 0. The monoisotopic (exact) mass is 876 g/mol. The van der Waals surface area contributed by atoms with Gasteiger partial charge in [-0.3, -0.25) is 4.79 Å². The van der Waals surface area contributed by atoms with Gasteiger partial charge in [0.1, 0.15) is 24.4 Å². The maximum atomic E-state index is 13.0. The average Bonchev–Trinajstić information content (AvgIpc) is 3.27. The van der Waals surface area contributed by atoms with Crippen molar-refractivity contribution in [2.24, 2.45) is 0 Å². The van der Waals surface area contributed by atoms with Crippen LogP contribution in [0.15, 0.2) is 48.6 Å². The highest BCUT2D eigenvalue weighted by Crippen LogP contribution is 2.23. The van der Waals surface area contributed by atoms with Crippen LogP contribution in [0.25, 0.3) is 0 Å². The van der Waals surface area contributed by atoms with Gasteiger partial charge in [0.05, 0.1) is 25.4 Å². The van der Waals surface area contributed by atoms with E-state index in [1.165, 1.54) is 135 Å². The Balaban J connectivity index is 2.26. The quantitative estimate of drug-likeness (QED) is 0.0262. The first-order valence-electron chi connectivity index (χ1n) is 25.8. The summed E-state index contributed by atoms with van der Waals surface area (Å²) < 4.78 is 11.3.